The van der Waals surface area contributed by atoms with Crippen LogP contribution in [-0.4, -0.2) is 31.5 Å². The first-order chi connectivity index (χ1) is 15.2. The molecule has 1 aliphatic carbocycles. The Morgan fingerprint density at radius 2 is 1.84 bits per heavy atom. The summed E-state index contributed by atoms with van der Waals surface area (Å²) < 4.78 is 11.2. The third-order valence-electron chi connectivity index (χ3n) is 5.77. The van der Waals surface area contributed by atoms with E-state index >= 15 is 0 Å². The van der Waals surface area contributed by atoms with E-state index in [4.69, 9.17) is 9.15 Å². The number of hydrogen-bond acceptors (Lipinski definition) is 4. The maximum absolute atomic E-state index is 13.0. The Bertz CT molecular complexity index is 1050. The van der Waals surface area contributed by atoms with Crippen LogP contribution in [0.3, 0.4) is 0 Å². The predicted octanol–water partition coefficient (Wildman–Crippen LogP) is 4.68. The van der Waals surface area contributed by atoms with Crippen molar-refractivity contribution in [3.63, 3.8) is 0 Å². The number of methoxy groups -OCH3 is 1. The summed E-state index contributed by atoms with van der Waals surface area (Å²) in [7, 11) is 1.59. The minimum Gasteiger partial charge on any atom is -0.497 e. The number of rotatable bonds is 7. The van der Waals surface area contributed by atoms with Crippen molar-refractivity contribution >= 4 is 22.8 Å². The second-order valence-corrected chi connectivity index (χ2v) is 7.94. The van der Waals surface area contributed by atoms with E-state index in [-0.39, 0.29) is 36.6 Å². The van der Waals surface area contributed by atoms with Gasteiger partial charge in [-0.05, 0) is 30.5 Å². The second-order valence-electron chi connectivity index (χ2n) is 7.94. The monoisotopic (exact) mass is 420 g/mol. The maximum Gasteiger partial charge on any atom is 0.287 e. The van der Waals surface area contributed by atoms with Gasteiger partial charge in [0, 0.05) is 36.0 Å². The Kier molecular flexibility index (Phi) is 6.55. The van der Waals surface area contributed by atoms with Gasteiger partial charge in [0.25, 0.3) is 5.91 Å². The van der Waals surface area contributed by atoms with Gasteiger partial charge < -0.3 is 19.8 Å². The second kappa shape index (κ2) is 9.69. The number of carbonyl (C=O) groups excluding carboxylic acids is 2. The number of hydrogen-bond donors (Lipinski definition) is 2. The van der Waals surface area contributed by atoms with Crippen LogP contribution in [-0.2, 0) is 4.79 Å². The van der Waals surface area contributed by atoms with Gasteiger partial charge in [0.05, 0.1) is 7.11 Å². The SMILES string of the molecule is COc1ccc2c(-c3ccccc3)c(C(=O)NCCC(=O)NC3CCCCC3)oc2c1. The largest absolute Gasteiger partial charge is 0.497 e. The molecular weight excluding hydrogens is 392 g/mol. The summed E-state index contributed by atoms with van der Waals surface area (Å²) >= 11 is 0. The van der Waals surface area contributed by atoms with Crippen LogP contribution in [0, 0.1) is 0 Å². The molecule has 0 aliphatic heterocycles. The first kappa shape index (κ1) is 21.0. The molecule has 1 heterocycles. The van der Waals surface area contributed by atoms with Crippen LogP contribution in [0.1, 0.15) is 49.1 Å². The van der Waals surface area contributed by atoms with E-state index in [9.17, 15) is 9.59 Å². The highest BCUT2D eigenvalue weighted by atomic mass is 16.5. The van der Waals surface area contributed by atoms with E-state index in [1.807, 2.05) is 42.5 Å². The van der Waals surface area contributed by atoms with Crippen LogP contribution >= 0.6 is 0 Å². The average molecular weight is 421 g/mol. The van der Waals surface area contributed by atoms with E-state index in [2.05, 4.69) is 10.6 Å². The van der Waals surface area contributed by atoms with Gasteiger partial charge >= 0.3 is 0 Å². The van der Waals surface area contributed by atoms with Crippen molar-refractivity contribution in [2.75, 3.05) is 13.7 Å². The Morgan fingerprint density at radius 3 is 2.58 bits per heavy atom. The Hall–Kier alpha value is -3.28. The van der Waals surface area contributed by atoms with Crippen molar-refractivity contribution in [1.29, 1.82) is 0 Å². The highest BCUT2D eigenvalue weighted by Crippen LogP contribution is 2.36. The Morgan fingerprint density at radius 1 is 1.06 bits per heavy atom. The molecule has 4 rings (SSSR count). The van der Waals surface area contributed by atoms with Gasteiger partial charge in [-0.25, -0.2) is 0 Å². The summed E-state index contributed by atoms with van der Waals surface area (Å²) in [6.07, 6.45) is 5.91. The van der Waals surface area contributed by atoms with Crippen molar-refractivity contribution in [2.24, 2.45) is 0 Å². The van der Waals surface area contributed by atoms with E-state index in [1.54, 1.807) is 13.2 Å². The average Bonchev–Trinajstić information content (AvgIpc) is 3.19. The topological polar surface area (TPSA) is 80.6 Å². The Balaban J connectivity index is 1.48. The molecule has 0 saturated heterocycles. The standard InChI is InChI=1S/C25H28N2O4/c1-30-19-12-13-20-21(16-19)31-24(23(20)17-8-4-2-5-9-17)25(29)26-15-14-22(28)27-18-10-6-3-7-11-18/h2,4-5,8-9,12-13,16,18H,3,6-7,10-11,14-15H2,1H3,(H,26,29)(H,27,28). The molecule has 31 heavy (non-hydrogen) atoms. The zero-order valence-corrected chi connectivity index (χ0v) is 17.8. The summed E-state index contributed by atoms with van der Waals surface area (Å²) in [6.45, 7) is 0.256. The van der Waals surface area contributed by atoms with Gasteiger partial charge in [-0.15, -0.1) is 0 Å². The molecule has 6 heteroatoms. The minimum atomic E-state index is -0.334. The number of fused-ring (bicyclic) bond motifs is 1. The molecule has 0 radical (unpaired) electrons. The van der Waals surface area contributed by atoms with Crippen molar-refractivity contribution in [2.45, 2.75) is 44.6 Å². The van der Waals surface area contributed by atoms with Crippen LogP contribution in [0.5, 0.6) is 5.75 Å². The highest BCUT2D eigenvalue weighted by molar-refractivity contribution is 6.08. The molecule has 1 saturated carbocycles. The number of ether oxygens (including phenoxy) is 1. The Labute approximate surface area is 182 Å². The van der Waals surface area contributed by atoms with Crippen LogP contribution in [0.15, 0.2) is 52.9 Å². The summed E-state index contributed by atoms with van der Waals surface area (Å²) in [5.41, 5.74) is 2.22. The number of furan rings is 1. The molecule has 1 aliphatic rings. The number of carbonyl (C=O) groups is 2. The third kappa shape index (κ3) is 4.90. The maximum atomic E-state index is 13.0. The van der Waals surface area contributed by atoms with Crippen LogP contribution in [0.4, 0.5) is 0 Å². The quantitative estimate of drug-likeness (QED) is 0.582. The lowest BCUT2D eigenvalue weighted by Gasteiger charge is -2.22. The van der Waals surface area contributed by atoms with E-state index in [1.165, 1.54) is 19.3 Å². The normalized spacial score (nSPS) is 14.4. The number of amides is 2. The van der Waals surface area contributed by atoms with Gasteiger partial charge in [-0.2, -0.15) is 0 Å². The van der Waals surface area contributed by atoms with Crippen LogP contribution in [0.25, 0.3) is 22.1 Å². The zero-order valence-electron chi connectivity index (χ0n) is 17.8. The molecule has 1 fully saturated rings. The first-order valence-electron chi connectivity index (χ1n) is 10.9. The van der Waals surface area contributed by atoms with Crippen LogP contribution < -0.4 is 15.4 Å². The van der Waals surface area contributed by atoms with E-state index in [0.717, 1.165) is 29.4 Å². The summed E-state index contributed by atoms with van der Waals surface area (Å²) in [5, 5.41) is 6.76. The molecule has 6 nitrogen and oxygen atoms in total. The molecule has 2 N–H and O–H groups in total. The number of nitrogens with one attached hydrogen (secondary N) is 2. The molecule has 2 amide bonds. The predicted molar refractivity (Wildman–Crippen MR) is 120 cm³/mol. The van der Waals surface area contributed by atoms with Gasteiger partial charge in [0.1, 0.15) is 11.3 Å². The van der Waals surface area contributed by atoms with Gasteiger partial charge in [-0.1, -0.05) is 49.6 Å². The lowest BCUT2D eigenvalue weighted by molar-refractivity contribution is -0.121. The first-order valence-corrected chi connectivity index (χ1v) is 10.9. The van der Waals surface area contributed by atoms with Crippen molar-refractivity contribution in [1.82, 2.24) is 10.6 Å². The molecule has 0 unspecified atom stereocenters. The van der Waals surface area contributed by atoms with E-state index in [0.29, 0.717) is 11.3 Å². The lowest BCUT2D eigenvalue weighted by Crippen LogP contribution is -2.38. The van der Waals surface area contributed by atoms with E-state index < -0.39 is 0 Å². The van der Waals surface area contributed by atoms with Crippen LogP contribution in [0.2, 0.25) is 0 Å². The van der Waals surface area contributed by atoms with Gasteiger partial charge in [0.15, 0.2) is 0 Å². The molecule has 1 aromatic heterocycles. The lowest BCUT2D eigenvalue weighted by atomic mass is 9.95. The highest BCUT2D eigenvalue weighted by Gasteiger charge is 2.22. The summed E-state index contributed by atoms with van der Waals surface area (Å²) in [4.78, 5) is 25.2. The molecule has 162 valence electrons. The molecule has 0 atom stereocenters. The molecule has 0 spiro atoms. The summed E-state index contributed by atoms with van der Waals surface area (Å²) in [6, 6.07) is 15.5. The van der Waals surface area contributed by atoms with Crippen molar-refractivity contribution < 1.29 is 18.7 Å². The van der Waals surface area contributed by atoms with Crippen molar-refractivity contribution in [3.8, 4) is 16.9 Å². The molecule has 0 bridgehead atoms. The number of benzene rings is 2. The zero-order chi connectivity index (χ0) is 21.6. The molecular formula is C25H28N2O4. The molecule has 3 aromatic rings. The molecule has 2 aromatic carbocycles. The fraction of sp³-hybridized carbons (Fsp3) is 0.360. The minimum absolute atomic E-state index is 0.0233. The van der Waals surface area contributed by atoms with Gasteiger partial charge in [0.2, 0.25) is 11.7 Å². The smallest absolute Gasteiger partial charge is 0.287 e. The fourth-order valence-electron chi connectivity index (χ4n) is 4.17. The summed E-state index contributed by atoms with van der Waals surface area (Å²) in [5.74, 6) is 0.540. The van der Waals surface area contributed by atoms with Gasteiger partial charge in [-0.3, -0.25) is 9.59 Å². The fourth-order valence-corrected chi connectivity index (χ4v) is 4.17. The van der Waals surface area contributed by atoms with Crippen molar-refractivity contribution in [3.05, 3.63) is 54.3 Å². The third-order valence-corrected chi connectivity index (χ3v) is 5.77.